The Morgan fingerprint density at radius 2 is 1.31 bits per heavy atom. The molecule has 5 heterocycles. The highest BCUT2D eigenvalue weighted by Gasteiger charge is 2.35. The zero-order chi connectivity index (χ0) is 35.2. The van der Waals surface area contributed by atoms with Gasteiger partial charge in [0.2, 0.25) is 5.95 Å². The number of anilines is 3. The normalized spacial score (nSPS) is 11.9. The number of nitrogens with one attached hydrogen (secondary N) is 4. The number of halogens is 6. The fourth-order valence-electron chi connectivity index (χ4n) is 4.72. The standard InChI is InChI=1S/C16H16F3N5S.C16H15F3N4S/c1-9(2)22-15-23-11-5-7-25-12(11)14(24-15)21-8-10-4-3-6-20-13(10)16(17,18)19;1-20-9-13-22-12-6-7-24-14(12)15(23-13)21-8-10-4-2-3-5-11(10)16(17,18)19/h3-7,9H,8H2,1-2H3,(H2,21,22,23,24);2-7,20H,8-9H2,1H3,(H,21,22,23). The van der Waals surface area contributed by atoms with E-state index in [1.165, 1.54) is 46.9 Å². The van der Waals surface area contributed by atoms with Gasteiger partial charge in [-0.15, -0.1) is 22.7 Å². The summed E-state index contributed by atoms with van der Waals surface area (Å²) in [5.74, 6) is 2.08. The molecule has 0 atom stereocenters. The number of rotatable bonds is 10. The molecular weight excluding hydrogens is 689 g/mol. The van der Waals surface area contributed by atoms with Crippen LogP contribution in [0.1, 0.15) is 42.1 Å². The van der Waals surface area contributed by atoms with E-state index >= 15 is 0 Å². The molecule has 0 saturated heterocycles. The molecule has 4 N–H and O–H groups in total. The first kappa shape index (κ1) is 35.7. The second-order valence-corrected chi connectivity index (χ2v) is 12.7. The van der Waals surface area contributed by atoms with Gasteiger partial charge in [-0.25, -0.2) is 15.0 Å². The molecule has 9 nitrogen and oxygen atoms in total. The molecule has 49 heavy (non-hydrogen) atoms. The average molecular weight is 720 g/mol. The van der Waals surface area contributed by atoms with Crippen LogP contribution in [0.4, 0.5) is 43.9 Å². The molecule has 0 bridgehead atoms. The molecule has 6 rings (SSSR count). The third kappa shape index (κ3) is 9.10. The Balaban J connectivity index is 0.000000191. The number of benzene rings is 1. The van der Waals surface area contributed by atoms with Crippen LogP contribution in [0.15, 0.2) is 65.5 Å². The molecule has 0 aliphatic carbocycles. The topological polar surface area (TPSA) is 113 Å². The lowest BCUT2D eigenvalue weighted by Crippen LogP contribution is -2.15. The predicted molar refractivity (Wildman–Crippen MR) is 182 cm³/mol. The minimum atomic E-state index is -4.49. The summed E-state index contributed by atoms with van der Waals surface area (Å²) >= 11 is 2.89. The smallest absolute Gasteiger partial charge is 0.365 e. The maximum Gasteiger partial charge on any atom is 0.433 e. The second-order valence-electron chi connectivity index (χ2n) is 10.9. The Morgan fingerprint density at radius 1 is 0.694 bits per heavy atom. The van der Waals surface area contributed by atoms with Crippen molar-refractivity contribution < 1.29 is 26.3 Å². The van der Waals surface area contributed by atoms with Crippen LogP contribution in [0.25, 0.3) is 20.4 Å². The third-order valence-electron chi connectivity index (χ3n) is 6.78. The van der Waals surface area contributed by atoms with Crippen molar-refractivity contribution in [1.29, 1.82) is 0 Å². The molecule has 258 valence electrons. The quantitative estimate of drug-likeness (QED) is 0.104. The van der Waals surface area contributed by atoms with Crippen molar-refractivity contribution in [1.82, 2.24) is 30.2 Å². The van der Waals surface area contributed by atoms with Crippen LogP contribution in [0.2, 0.25) is 0 Å². The van der Waals surface area contributed by atoms with E-state index in [0.29, 0.717) is 30.0 Å². The summed E-state index contributed by atoms with van der Waals surface area (Å²) in [6.07, 6.45) is -7.73. The van der Waals surface area contributed by atoms with Gasteiger partial charge in [0.1, 0.15) is 23.2 Å². The summed E-state index contributed by atoms with van der Waals surface area (Å²) in [6.45, 7) is 4.41. The molecule has 0 unspecified atom stereocenters. The number of thiophene rings is 2. The van der Waals surface area contributed by atoms with Crippen LogP contribution < -0.4 is 21.3 Å². The monoisotopic (exact) mass is 719 g/mol. The van der Waals surface area contributed by atoms with Crippen molar-refractivity contribution in [3.8, 4) is 0 Å². The van der Waals surface area contributed by atoms with Crippen LogP contribution in [0.3, 0.4) is 0 Å². The first-order valence-electron chi connectivity index (χ1n) is 14.9. The second kappa shape index (κ2) is 15.3. The zero-order valence-corrected chi connectivity index (χ0v) is 28.0. The molecule has 0 radical (unpaired) electrons. The lowest BCUT2D eigenvalue weighted by molar-refractivity contribution is -0.142. The summed E-state index contributed by atoms with van der Waals surface area (Å²) < 4.78 is 80.1. The lowest BCUT2D eigenvalue weighted by atomic mass is 10.1. The molecule has 0 aliphatic heterocycles. The van der Waals surface area contributed by atoms with Gasteiger partial charge in [-0.2, -0.15) is 31.3 Å². The molecule has 0 amide bonds. The predicted octanol–water partition coefficient (Wildman–Crippen LogP) is 8.58. The van der Waals surface area contributed by atoms with E-state index in [1.807, 2.05) is 36.7 Å². The molecular formula is C32H31F6N9S2. The number of hydrogen-bond acceptors (Lipinski definition) is 11. The van der Waals surface area contributed by atoms with Gasteiger partial charge < -0.3 is 21.3 Å². The van der Waals surface area contributed by atoms with Crippen molar-refractivity contribution in [2.75, 3.05) is 23.0 Å². The van der Waals surface area contributed by atoms with Gasteiger partial charge in [-0.3, -0.25) is 4.98 Å². The number of nitrogens with zero attached hydrogens (tertiary/aromatic N) is 5. The lowest BCUT2D eigenvalue weighted by Gasteiger charge is -2.14. The fourth-order valence-corrected chi connectivity index (χ4v) is 6.31. The van der Waals surface area contributed by atoms with Crippen molar-refractivity contribution in [3.05, 3.63) is 93.7 Å². The van der Waals surface area contributed by atoms with E-state index in [0.717, 1.165) is 32.7 Å². The van der Waals surface area contributed by atoms with Crippen LogP contribution >= 0.6 is 22.7 Å². The van der Waals surface area contributed by atoms with Gasteiger partial charge in [-0.1, -0.05) is 24.3 Å². The van der Waals surface area contributed by atoms with E-state index in [-0.39, 0.29) is 30.3 Å². The zero-order valence-electron chi connectivity index (χ0n) is 26.4. The number of fused-ring (bicyclic) bond motifs is 2. The highest BCUT2D eigenvalue weighted by molar-refractivity contribution is 7.18. The van der Waals surface area contributed by atoms with Gasteiger partial charge in [0.05, 0.1) is 32.5 Å². The van der Waals surface area contributed by atoms with Crippen molar-refractivity contribution in [2.45, 2.75) is 51.9 Å². The van der Waals surface area contributed by atoms with Gasteiger partial charge >= 0.3 is 12.4 Å². The molecule has 0 fully saturated rings. The first-order valence-corrected chi connectivity index (χ1v) is 16.6. The fraction of sp³-hybridized carbons (Fsp3) is 0.281. The summed E-state index contributed by atoms with van der Waals surface area (Å²) in [6, 6.07) is 12.3. The van der Waals surface area contributed by atoms with Crippen molar-refractivity contribution in [2.24, 2.45) is 0 Å². The summed E-state index contributed by atoms with van der Waals surface area (Å²) in [4.78, 5) is 21.1. The maximum atomic E-state index is 13.1. The number of hydrogen-bond donors (Lipinski definition) is 4. The van der Waals surface area contributed by atoms with E-state index in [1.54, 1.807) is 13.1 Å². The maximum absolute atomic E-state index is 13.1. The van der Waals surface area contributed by atoms with Gasteiger partial charge in [0.15, 0.2) is 0 Å². The van der Waals surface area contributed by atoms with Crippen molar-refractivity contribution >= 4 is 60.7 Å². The Bertz CT molecular complexity index is 2010. The Labute approximate surface area is 285 Å². The first-order chi connectivity index (χ1) is 23.3. The minimum absolute atomic E-state index is 0.0339. The Morgan fingerprint density at radius 3 is 1.94 bits per heavy atom. The number of pyridine rings is 1. The van der Waals surface area contributed by atoms with Crippen LogP contribution in [0.5, 0.6) is 0 Å². The third-order valence-corrected chi connectivity index (χ3v) is 8.60. The summed E-state index contributed by atoms with van der Waals surface area (Å²) in [7, 11) is 1.79. The number of aromatic nitrogens is 5. The Kier molecular flexibility index (Phi) is 11.1. The highest BCUT2D eigenvalue weighted by Crippen LogP contribution is 2.34. The van der Waals surface area contributed by atoms with Crippen LogP contribution in [-0.2, 0) is 32.0 Å². The van der Waals surface area contributed by atoms with E-state index in [2.05, 4.69) is 46.2 Å². The summed E-state index contributed by atoms with van der Waals surface area (Å²) in [5.41, 5.74) is 0.254. The SMILES string of the molecule is CC(C)Nc1nc(NCc2cccnc2C(F)(F)F)c2sccc2n1.CNCc1nc(NCc2ccccc2C(F)(F)F)c2sccc2n1. The van der Waals surface area contributed by atoms with E-state index in [4.69, 9.17) is 0 Å². The van der Waals surface area contributed by atoms with Crippen LogP contribution in [0, 0.1) is 0 Å². The summed E-state index contributed by atoms with van der Waals surface area (Å²) in [5, 5.41) is 15.9. The van der Waals surface area contributed by atoms with Crippen molar-refractivity contribution in [3.63, 3.8) is 0 Å². The molecule has 0 saturated carbocycles. The van der Waals surface area contributed by atoms with Crippen LogP contribution in [-0.4, -0.2) is 38.0 Å². The highest BCUT2D eigenvalue weighted by atomic mass is 32.1. The minimum Gasteiger partial charge on any atom is -0.365 e. The van der Waals surface area contributed by atoms with E-state index < -0.39 is 23.6 Å². The Hall–Kier alpha value is -4.61. The molecule has 1 aromatic carbocycles. The van der Waals surface area contributed by atoms with Gasteiger partial charge in [0.25, 0.3) is 0 Å². The average Bonchev–Trinajstić information content (AvgIpc) is 3.72. The van der Waals surface area contributed by atoms with Gasteiger partial charge in [0, 0.05) is 30.9 Å². The van der Waals surface area contributed by atoms with E-state index in [9.17, 15) is 26.3 Å². The largest absolute Gasteiger partial charge is 0.433 e. The molecule has 0 spiro atoms. The molecule has 0 aliphatic rings. The van der Waals surface area contributed by atoms with Gasteiger partial charge in [-0.05, 0) is 61.5 Å². The molecule has 6 aromatic rings. The molecule has 17 heteroatoms. The number of alkyl halides is 6. The molecule has 5 aromatic heterocycles.